The van der Waals surface area contributed by atoms with Crippen molar-refractivity contribution in [3.63, 3.8) is 0 Å². The zero-order chi connectivity index (χ0) is 20.6. The number of likely N-dealkylation sites (tertiary alicyclic amines) is 1. The zero-order valence-electron chi connectivity index (χ0n) is 15.9. The van der Waals surface area contributed by atoms with E-state index in [0.717, 1.165) is 25.9 Å². The van der Waals surface area contributed by atoms with E-state index < -0.39 is 15.7 Å². The number of amides is 1. The van der Waals surface area contributed by atoms with E-state index in [0.29, 0.717) is 28.2 Å². The minimum absolute atomic E-state index is 0.0303. The number of carbonyl (C=O) groups excluding carboxylic acids is 1. The van der Waals surface area contributed by atoms with Crippen LogP contribution in [0, 0.1) is 5.92 Å². The molecule has 3 aromatic rings. The first-order chi connectivity index (χ1) is 13.8. The number of carbonyl (C=O) groups is 1. The third-order valence-electron chi connectivity index (χ3n) is 5.13. The van der Waals surface area contributed by atoms with Gasteiger partial charge in [-0.2, -0.15) is 0 Å². The molecule has 1 aliphatic heterocycles. The Kier molecular flexibility index (Phi) is 4.91. The summed E-state index contributed by atoms with van der Waals surface area (Å²) in [6.07, 6.45) is 2.13. The summed E-state index contributed by atoms with van der Waals surface area (Å²) < 4.78 is 27.8. The lowest BCUT2D eigenvalue weighted by molar-refractivity contribution is 0.0683. The molecule has 0 radical (unpaired) electrons. The van der Waals surface area contributed by atoms with Gasteiger partial charge in [-0.3, -0.25) is 9.52 Å². The SMILES string of the molecule is C[C@H]1CCCN(C(=O)c2ccc(NS(=O)(=O)c3ccc4[nH]c(=O)[nH]c4c3)cc2)C1. The van der Waals surface area contributed by atoms with E-state index in [9.17, 15) is 18.0 Å². The van der Waals surface area contributed by atoms with Crippen molar-refractivity contribution in [2.24, 2.45) is 5.92 Å². The normalized spacial score (nSPS) is 17.4. The van der Waals surface area contributed by atoms with Gasteiger partial charge in [0, 0.05) is 24.3 Å². The lowest BCUT2D eigenvalue weighted by atomic mass is 9.99. The van der Waals surface area contributed by atoms with Gasteiger partial charge in [-0.05, 0) is 61.2 Å². The number of benzene rings is 2. The summed E-state index contributed by atoms with van der Waals surface area (Å²) in [5.74, 6) is 0.457. The Hall–Kier alpha value is -3.07. The highest BCUT2D eigenvalue weighted by Crippen LogP contribution is 2.21. The fraction of sp³-hybridized carbons (Fsp3) is 0.300. The number of imidazole rings is 1. The van der Waals surface area contributed by atoms with E-state index in [1.165, 1.54) is 18.2 Å². The summed E-state index contributed by atoms with van der Waals surface area (Å²) in [4.78, 5) is 31.0. The summed E-state index contributed by atoms with van der Waals surface area (Å²) in [5.41, 5.74) is 1.44. The largest absolute Gasteiger partial charge is 0.338 e. The van der Waals surface area contributed by atoms with Crippen LogP contribution < -0.4 is 10.4 Å². The predicted molar refractivity (Wildman–Crippen MR) is 110 cm³/mol. The molecule has 2 aromatic carbocycles. The molecule has 9 heteroatoms. The number of sulfonamides is 1. The van der Waals surface area contributed by atoms with E-state index in [2.05, 4.69) is 21.6 Å². The summed E-state index contributed by atoms with van der Waals surface area (Å²) in [6.45, 7) is 3.63. The molecule has 1 atom stereocenters. The molecule has 1 aliphatic rings. The molecule has 1 aromatic heterocycles. The first-order valence-corrected chi connectivity index (χ1v) is 10.9. The highest BCUT2D eigenvalue weighted by Gasteiger charge is 2.22. The van der Waals surface area contributed by atoms with Crippen molar-refractivity contribution in [2.75, 3.05) is 17.8 Å². The molecule has 29 heavy (non-hydrogen) atoms. The van der Waals surface area contributed by atoms with Crippen LogP contribution in [-0.4, -0.2) is 42.3 Å². The minimum atomic E-state index is -3.84. The first kappa shape index (κ1) is 19.3. The van der Waals surface area contributed by atoms with Gasteiger partial charge in [-0.25, -0.2) is 13.2 Å². The molecule has 0 saturated carbocycles. The molecule has 152 valence electrons. The van der Waals surface area contributed by atoms with Gasteiger partial charge >= 0.3 is 5.69 Å². The monoisotopic (exact) mass is 414 g/mol. The molecular formula is C20H22N4O4S. The van der Waals surface area contributed by atoms with Crippen LogP contribution >= 0.6 is 0 Å². The first-order valence-electron chi connectivity index (χ1n) is 9.46. The number of H-pyrrole nitrogens is 2. The summed E-state index contributed by atoms with van der Waals surface area (Å²) in [5, 5.41) is 0. The molecular weight excluding hydrogens is 392 g/mol. The van der Waals surface area contributed by atoms with Crippen LogP contribution in [0.2, 0.25) is 0 Å². The smallest absolute Gasteiger partial charge is 0.323 e. The third-order valence-corrected chi connectivity index (χ3v) is 6.50. The number of aromatic amines is 2. The summed E-state index contributed by atoms with van der Waals surface area (Å²) in [6, 6.07) is 10.8. The molecule has 0 spiro atoms. The van der Waals surface area contributed by atoms with Crippen LogP contribution in [-0.2, 0) is 10.0 Å². The molecule has 8 nitrogen and oxygen atoms in total. The number of rotatable bonds is 4. The number of anilines is 1. The van der Waals surface area contributed by atoms with Crippen LogP contribution in [0.15, 0.2) is 52.2 Å². The molecule has 0 aliphatic carbocycles. The standard InChI is InChI=1S/C20H22N4O4S/c1-13-3-2-10-24(12-13)19(25)14-4-6-15(7-5-14)23-29(27,28)16-8-9-17-18(11-16)22-20(26)21-17/h4-9,11,13,23H,2-3,10,12H2,1H3,(H2,21,22,26)/t13-/m0/s1. The second-order valence-corrected chi connectivity index (χ2v) is 9.15. The van der Waals surface area contributed by atoms with Crippen molar-refractivity contribution in [3.8, 4) is 0 Å². The highest BCUT2D eigenvalue weighted by atomic mass is 32.2. The zero-order valence-corrected chi connectivity index (χ0v) is 16.8. The molecule has 1 saturated heterocycles. The van der Waals surface area contributed by atoms with Gasteiger partial charge < -0.3 is 14.9 Å². The molecule has 1 fully saturated rings. The van der Waals surface area contributed by atoms with Crippen molar-refractivity contribution < 1.29 is 13.2 Å². The maximum absolute atomic E-state index is 12.7. The Morgan fingerprint density at radius 2 is 1.83 bits per heavy atom. The third kappa shape index (κ3) is 4.04. The van der Waals surface area contributed by atoms with Gasteiger partial charge in [0.1, 0.15) is 0 Å². The number of aromatic nitrogens is 2. The molecule has 0 unspecified atom stereocenters. The average Bonchev–Trinajstić information content (AvgIpc) is 3.07. The van der Waals surface area contributed by atoms with Crippen LogP contribution in [0.1, 0.15) is 30.1 Å². The quantitative estimate of drug-likeness (QED) is 0.608. The molecule has 0 bridgehead atoms. The van der Waals surface area contributed by atoms with E-state index in [1.807, 2.05) is 4.90 Å². The fourth-order valence-electron chi connectivity index (χ4n) is 3.63. The predicted octanol–water partition coefficient (Wildman–Crippen LogP) is 2.53. The van der Waals surface area contributed by atoms with Crippen LogP contribution in [0.5, 0.6) is 0 Å². The molecule has 4 rings (SSSR count). The Morgan fingerprint density at radius 3 is 2.55 bits per heavy atom. The average molecular weight is 414 g/mol. The number of fused-ring (bicyclic) bond motifs is 1. The molecule has 1 amide bonds. The topological polar surface area (TPSA) is 115 Å². The maximum atomic E-state index is 12.7. The Labute approximate surface area is 168 Å². The number of hydrogen-bond acceptors (Lipinski definition) is 4. The Bertz CT molecular complexity index is 1210. The van der Waals surface area contributed by atoms with E-state index in [4.69, 9.17) is 0 Å². The summed E-state index contributed by atoms with van der Waals surface area (Å²) in [7, 11) is -3.84. The minimum Gasteiger partial charge on any atom is -0.338 e. The van der Waals surface area contributed by atoms with Crippen LogP contribution in [0.25, 0.3) is 11.0 Å². The number of nitrogens with one attached hydrogen (secondary N) is 3. The van der Waals surface area contributed by atoms with Crippen molar-refractivity contribution in [3.05, 3.63) is 58.5 Å². The second kappa shape index (κ2) is 7.40. The fourth-order valence-corrected chi connectivity index (χ4v) is 4.71. The van der Waals surface area contributed by atoms with Gasteiger partial charge in [0.2, 0.25) is 0 Å². The van der Waals surface area contributed by atoms with Gasteiger partial charge in [0.05, 0.1) is 15.9 Å². The van der Waals surface area contributed by atoms with Gasteiger partial charge in [0.25, 0.3) is 15.9 Å². The van der Waals surface area contributed by atoms with Gasteiger partial charge in [-0.15, -0.1) is 0 Å². The number of piperidine rings is 1. The van der Waals surface area contributed by atoms with Crippen molar-refractivity contribution in [1.29, 1.82) is 0 Å². The molecule has 3 N–H and O–H groups in total. The van der Waals surface area contributed by atoms with Gasteiger partial charge in [0.15, 0.2) is 0 Å². The van der Waals surface area contributed by atoms with Crippen LogP contribution in [0.4, 0.5) is 5.69 Å². The number of nitrogens with zero attached hydrogens (tertiary/aromatic N) is 1. The van der Waals surface area contributed by atoms with Crippen molar-refractivity contribution >= 4 is 32.7 Å². The van der Waals surface area contributed by atoms with Crippen molar-refractivity contribution in [2.45, 2.75) is 24.7 Å². The second-order valence-electron chi connectivity index (χ2n) is 7.47. The lowest BCUT2D eigenvalue weighted by Gasteiger charge is -2.31. The lowest BCUT2D eigenvalue weighted by Crippen LogP contribution is -2.39. The number of hydrogen-bond donors (Lipinski definition) is 3. The maximum Gasteiger partial charge on any atom is 0.323 e. The Morgan fingerprint density at radius 1 is 1.10 bits per heavy atom. The highest BCUT2D eigenvalue weighted by molar-refractivity contribution is 7.92. The summed E-state index contributed by atoms with van der Waals surface area (Å²) >= 11 is 0. The van der Waals surface area contributed by atoms with Gasteiger partial charge in [-0.1, -0.05) is 6.92 Å². The Balaban J connectivity index is 1.51. The van der Waals surface area contributed by atoms with Crippen LogP contribution in [0.3, 0.4) is 0 Å². The molecule has 2 heterocycles. The van der Waals surface area contributed by atoms with Crippen molar-refractivity contribution in [1.82, 2.24) is 14.9 Å². The van der Waals surface area contributed by atoms with E-state index >= 15 is 0 Å². The van der Waals surface area contributed by atoms with E-state index in [1.54, 1.807) is 24.3 Å². The van der Waals surface area contributed by atoms with E-state index in [-0.39, 0.29) is 10.8 Å².